The molecule has 0 heterocycles. The van der Waals surface area contributed by atoms with Gasteiger partial charge in [-0.25, -0.2) is 0 Å². The van der Waals surface area contributed by atoms with E-state index in [9.17, 15) is 4.79 Å². The molecule has 0 amide bonds. The molecule has 0 saturated carbocycles. The smallest absolute Gasteiger partial charge is 0.304 e. The van der Waals surface area contributed by atoms with Crippen molar-refractivity contribution < 1.29 is 14.6 Å². The summed E-state index contributed by atoms with van der Waals surface area (Å²) in [6, 6.07) is 7.58. The minimum absolute atomic E-state index is 0.0259. The lowest BCUT2D eigenvalue weighted by Crippen LogP contribution is -2.04. The highest BCUT2D eigenvalue weighted by molar-refractivity contribution is 5.69. The molecule has 0 saturated heterocycles. The first-order valence-electron chi connectivity index (χ1n) is 7.54. The molecule has 0 aliphatic rings. The number of aliphatic carboxylic acids is 1. The average Bonchev–Trinajstić information content (AvgIpc) is 2.47. The van der Waals surface area contributed by atoms with Gasteiger partial charge in [-0.15, -0.1) is 5.92 Å². The maximum atomic E-state index is 10.9. The van der Waals surface area contributed by atoms with Gasteiger partial charge >= 0.3 is 5.97 Å². The standard InChI is InChI=1S/C18H24O3/c1-3-5-6-7-13-21-17-11-9-15(10-12-17)16(8-4-2)14-18(19)20/h9-12,16H,3,5-7,13-14H2,1-2H3,(H,19,20). The molecule has 3 heteroatoms. The van der Waals surface area contributed by atoms with Crippen LogP contribution in [0.5, 0.6) is 5.75 Å². The van der Waals surface area contributed by atoms with Crippen LogP contribution in [0.2, 0.25) is 0 Å². The molecule has 1 aromatic carbocycles. The molecule has 0 aliphatic heterocycles. The van der Waals surface area contributed by atoms with Gasteiger partial charge in [0.25, 0.3) is 0 Å². The van der Waals surface area contributed by atoms with E-state index in [1.807, 2.05) is 24.3 Å². The quantitative estimate of drug-likeness (QED) is 0.546. The summed E-state index contributed by atoms with van der Waals surface area (Å²) in [7, 11) is 0. The summed E-state index contributed by atoms with van der Waals surface area (Å²) in [6.45, 7) is 4.64. The van der Waals surface area contributed by atoms with E-state index < -0.39 is 5.97 Å². The van der Waals surface area contributed by atoms with Crippen LogP contribution in [0.25, 0.3) is 0 Å². The van der Waals surface area contributed by atoms with Gasteiger partial charge in [-0.3, -0.25) is 4.79 Å². The van der Waals surface area contributed by atoms with Crippen LogP contribution in [0.3, 0.4) is 0 Å². The number of ether oxygens (including phenoxy) is 1. The van der Waals surface area contributed by atoms with Crippen molar-refractivity contribution in [1.82, 2.24) is 0 Å². The molecular formula is C18H24O3. The van der Waals surface area contributed by atoms with E-state index in [0.29, 0.717) is 0 Å². The summed E-state index contributed by atoms with van der Waals surface area (Å²) in [5.41, 5.74) is 0.921. The van der Waals surface area contributed by atoms with Crippen LogP contribution in [0, 0.1) is 11.8 Å². The van der Waals surface area contributed by atoms with E-state index in [1.165, 1.54) is 19.3 Å². The first kappa shape index (κ1) is 17.1. The molecule has 0 spiro atoms. The Hall–Kier alpha value is -1.95. The van der Waals surface area contributed by atoms with Crippen LogP contribution in [0.4, 0.5) is 0 Å². The number of benzene rings is 1. The predicted molar refractivity (Wildman–Crippen MR) is 84.5 cm³/mol. The lowest BCUT2D eigenvalue weighted by atomic mass is 9.96. The Morgan fingerprint density at radius 3 is 2.52 bits per heavy atom. The van der Waals surface area contributed by atoms with E-state index in [2.05, 4.69) is 18.8 Å². The largest absolute Gasteiger partial charge is 0.494 e. The maximum absolute atomic E-state index is 10.9. The van der Waals surface area contributed by atoms with E-state index in [4.69, 9.17) is 9.84 Å². The minimum atomic E-state index is -0.834. The molecule has 3 nitrogen and oxygen atoms in total. The lowest BCUT2D eigenvalue weighted by molar-refractivity contribution is -0.137. The van der Waals surface area contributed by atoms with Crippen LogP contribution < -0.4 is 4.74 Å². The number of carbonyl (C=O) groups is 1. The molecular weight excluding hydrogens is 264 g/mol. The van der Waals surface area contributed by atoms with Gasteiger partial charge in [-0.2, -0.15) is 0 Å². The Morgan fingerprint density at radius 1 is 1.24 bits per heavy atom. The van der Waals surface area contributed by atoms with Crippen LogP contribution in [0.1, 0.15) is 57.4 Å². The van der Waals surface area contributed by atoms with E-state index in [-0.39, 0.29) is 12.3 Å². The molecule has 21 heavy (non-hydrogen) atoms. The van der Waals surface area contributed by atoms with Crippen molar-refractivity contribution in [2.45, 2.75) is 51.9 Å². The van der Waals surface area contributed by atoms with Crippen molar-refractivity contribution in [3.8, 4) is 17.6 Å². The van der Waals surface area contributed by atoms with Crippen molar-refractivity contribution in [1.29, 1.82) is 0 Å². The fraction of sp³-hybridized carbons (Fsp3) is 0.500. The zero-order valence-corrected chi connectivity index (χ0v) is 12.9. The van der Waals surface area contributed by atoms with Crippen LogP contribution in [0.15, 0.2) is 24.3 Å². The van der Waals surface area contributed by atoms with Crippen LogP contribution >= 0.6 is 0 Å². The van der Waals surface area contributed by atoms with Gasteiger partial charge in [0.1, 0.15) is 5.75 Å². The molecule has 0 fully saturated rings. The van der Waals surface area contributed by atoms with Gasteiger partial charge in [0.15, 0.2) is 0 Å². The lowest BCUT2D eigenvalue weighted by Gasteiger charge is -2.10. The first-order valence-corrected chi connectivity index (χ1v) is 7.54. The van der Waals surface area contributed by atoms with Crippen molar-refractivity contribution in [3.63, 3.8) is 0 Å². The van der Waals surface area contributed by atoms with Crippen LogP contribution in [-0.2, 0) is 4.79 Å². The monoisotopic (exact) mass is 288 g/mol. The van der Waals surface area contributed by atoms with E-state index in [0.717, 1.165) is 24.3 Å². The fourth-order valence-electron chi connectivity index (χ4n) is 2.12. The molecule has 0 bridgehead atoms. The van der Waals surface area contributed by atoms with Gasteiger partial charge in [0.2, 0.25) is 0 Å². The third-order valence-electron chi connectivity index (χ3n) is 3.25. The first-order chi connectivity index (χ1) is 10.2. The van der Waals surface area contributed by atoms with Gasteiger partial charge in [-0.05, 0) is 31.0 Å². The zero-order valence-electron chi connectivity index (χ0n) is 12.9. The molecule has 1 atom stereocenters. The normalized spacial score (nSPS) is 11.3. The Kier molecular flexibility index (Phi) is 8.04. The average molecular weight is 288 g/mol. The summed E-state index contributed by atoms with van der Waals surface area (Å²) >= 11 is 0. The van der Waals surface area contributed by atoms with Gasteiger partial charge in [-0.1, -0.05) is 44.2 Å². The van der Waals surface area contributed by atoms with Crippen molar-refractivity contribution >= 4 is 5.97 Å². The molecule has 0 aromatic heterocycles. The number of carboxylic acid groups (broad SMARTS) is 1. The number of hydrogen-bond acceptors (Lipinski definition) is 2. The molecule has 1 unspecified atom stereocenters. The number of rotatable bonds is 9. The number of carboxylic acids is 1. The molecule has 1 rings (SSSR count). The fourth-order valence-corrected chi connectivity index (χ4v) is 2.12. The summed E-state index contributed by atoms with van der Waals surface area (Å²) < 4.78 is 5.68. The van der Waals surface area contributed by atoms with Crippen molar-refractivity contribution in [2.75, 3.05) is 6.61 Å². The highest BCUT2D eigenvalue weighted by Gasteiger charge is 2.12. The van der Waals surface area contributed by atoms with Gasteiger partial charge in [0.05, 0.1) is 18.9 Å². The van der Waals surface area contributed by atoms with Crippen molar-refractivity contribution in [2.24, 2.45) is 0 Å². The zero-order chi connectivity index (χ0) is 15.5. The minimum Gasteiger partial charge on any atom is -0.494 e. The summed E-state index contributed by atoms with van der Waals surface area (Å²) in [5, 5.41) is 8.92. The summed E-state index contributed by atoms with van der Waals surface area (Å²) in [5.74, 6) is 5.47. The highest BCUT2D eigenvalue weighted by Crippen LogP contribution is 2.22. The Balaban J connectivity index is 2.54. The van der Waals surface area contributed by atoms with Crippen LogP contribution in [-0.4, -0.2) is 17.7 Å². The summed E-state index contributed by atoms with van der Waals surface area (Å²) in [4.78, 5) is 10.9. The molecule has 1 aromatic rings. The third kappa shape index (κ3) is 6.85. The maximum Gasteiger partial charge on any atom is 0.304 e. The molecule has 0 radical (unpaired) electrons. The van der Waals surface area contributed by atoms with E-state index >= 15 is 0 Å². The van der Waals surface area contributed by atoms with E-state index in [1.54, 1.807) is 6.92 Å². The van der Waals surface area contributed by atoms with Crippen molar-refractivity contribution in [3.05, 3.63) is 29.8 Å². The summed E-state index contributed by atoms with van der Waals surface area (Å²) in [6.07, 6.45) is 4.75. The predicted octanol–water partition coefficient (Wildman–Crippen LogP) is 4.23. The Labute approximate surface area is 127 Å². The van der Waals surface area contributed by atoms with Gasteiger partial charge < -0.3 is 9.84 Å². The SMILES string of the molecule is CC#CC(CC(=O)O)c1ccc(OCCCCCC)cc1. The Morgan fingerprint density at radius 2 is 1.95 bits per heavy atom. The topological polar surface area (TPSA) is 46.5 Å². The molecule has 1 N–H and O–H groups in total. The number of hydrogen-bond donors (Lipinski definition) is 1. The number of unbranched alkanes of at least 4 members (excludes halogenated alkanes) is 3. The second kappa shape index (κ2) is 9.88. The second-order valence-electron chi connectivity index (χ2n) is 5.02. The second-order valence-corrected chi connectivity index (χ2v) is 5.02. The molecule has 114 valence electrons. The molecule has 0 aliphatic carbocycles. The third-order valence-corrected chi connectivity index (χ3v) is 3.25. The Bertz CT molecular complexity index is 479. The van der Waals surface area contributed by atoms with Gasteiger partial charge in [0, 0.05) is 0 Å². The highest BCUT2D eigenvalue weighted by atomic mass is 16.5.